The van der Waals surface area contributed by atoms with Gasteiger partial charge in [0.15, 0.2) is 0 Å². The number of rotatable bonds is 6. The molecule has 4 nitrogen and oxygen atoms in total. The zero-order valence-electron chi connectivity index (χ0n) is 13.8. The number of allylic oxidation sites excluding steroid dienone is 2. The summed E-state index contributed by atoms with van der Waals surface area (Å²) in [5, 5.41) is 3.08. The van der Waals surface area contributed by atoms with Gasteiger partial charge < -0.3 is 10.1 Å². The zero-order valence-corrected chi connectivity index (χ0v) is 15.4. The van der Waals surface area contributed by atoms with Crippen LogP contribution in [0.3, 0.4) is 0 Å². The Hall–Kier alpha value is -0.840. The molecule has 2 aliphatic rings. The van der Waals surface area contributed by atoms with Crippen molar-refractivity contribution in [2.75, 3.05) is 13.7 Å². The summed E-state index contributed by atoms with van der Waals surface area (Å²) in [5.41, 5.74) is -0.639. The molecule has 0 aromatic heterocycles. The molecular weight excluding hydrogens is 346 g/mol. The number of carbonyl (C=O) groups excluding carboxylic acids is 2. The number of nitrogens with one attached hydrogen (secondary N) is 1. The third kappa shape index (κ3) is 3.73. The third-order valence-electron chi connectivity index (χ3n) is 4.94. The molecule has 1 N–H and O–H groups in total. The molecule has 1 amide bonds. The molecule has 0 spiro atoms. The molecule has 2 bridgehead atoms. The molecular formula is C17H26BrNO3. The maximum Gasteiger partial charge on any atom is 0.322 e. The van der Waals surface area contributed by atoms with Crippen molar-refractivity contribution in [3.63, 3.8) is 0 Å². The van der Waals surface area contributed by atoms with E-state index in [0.29, 0.717) is 24.2 Å². The van der Waals surface area contributed by atoms with E-state index in [1.165, 1.54) is 20.0 Å². The van der Waals surface area contributed by atoms with Crippen LogP contribution in [0.25, 0.3) is 0 Å². The summed E-state index contributed by atoms with van der Waals surface area (Å²) >= 11 is 3.39. The van der Waals surface area contributed by atoms with E-state index in [4.69, 9.17) is 4.74 Å². The molecule has 2 aliphatic carbocycles. The Bertz CT molecular complexity index is 484. The van der Waals surface area contributed by atoms with Crippen LogP contribution in [0.4, 0.5) is 0 Å². The van der Waals surface area contributed by atoms with Gasteiger partial charge in [0.2, 0.25) is 5.91 Å². The summed E-state index contributed by atoms with van der Waals surface area (Å²) in [6, 6.07) is 0. The first-order valence-electron chi connectivity index (χ1n) is 7.89. The molecule has 0 aliphatic heterocycles. The largest absolute Gasteiger partial charge is 0.468 e. The highest BCUT2D eigenvalue weighted by molar-refractivity contribution is 9.10. The van der Waals surface area contributed by atoms with E-state index in [2.05, 4.69) is 33.4 Å². The van der Waals surface area contributed by atoms with E-state index < -0.39 is 9.74 Å². The van der Waals surface area contributed by atoms with Gasteiger partial charge in [-0.1, -0.05) is 41.9 Å². The highest BCUT2D eigenvalue weighted by Gasteiger charge is 2.42. The van der Waals surface area contributed by atoms with Crippen LogP contribution in [0.15, 0.2) is 12.2 Å². The molecule has 22 heavy (non-hydrogen) atoms. The van der Waals surface area contributed by atoms with E-state index >= 15 is 0 Å². The van der Waals surface area contributed by atoms with Crippen LogP contribution in [0, 0.1) is 23.2 Å². The summed E-state index contributed by atoms with van der Waals surface area (Å²) in [4.78, 5) is 24.3. The number of alkyl halides is 1. The van der Waals surface area contributed by atoms with Gasteiger partial charge in [-0.3, -0.25) is 9.59 Å². The molecule has 0 aromatic carbocycles. The summed E-state index contributed by atoms with van der Waals surface area (Å²) < 4.78 is 3.94. The third-order valence-corrected chi connectivity index (χ3v) is 5.54. The second kappa shape index (κ2) is 6.34. The number of methoxy groups -OCH3 is 1. The van der Waals surface area contributed by atoms with Gasteiger partial charge in [0.1, 0.15) is 4.32 Å². The first-order chi connectivity index (χ1) is 10.2. The maximum atomic E-state index is 12.5. The Morgan fingerprint density at radius 3 is 2.45 bits per heavy atom. The quantitative estimate of drug-likeness (QED) is 0.443. The van der Waals surface area contributed by atoms with Crippen LogP contribution < -0.4 is 5.32 Å². The number of amides is 1. The van der Waals surface area contributed by atoms with Gasteiger partial charge in [-0.2, -0.15) is 0 Å². The predicted molar refractivity (Wildman–Crippen MR) is 89.6 cm³/mol. The van der Waals surface area contributed by atoms with Crippen molar-refractivity contribution >= 4 is 27.8 Å². The smallest absolute Gasteiger partial charge is 0.322 e. The van der Waals surface area contributed by atoms with E-state index in [0.717, 1.165) is 6.54 Å². The van der Waals surface area contributed by atoms with Crippen LogP contribution in [-0.4, -0.2) is 29.9 Å². The Kier molecular flexibility index (Phi) is 5.05. The van der Waals surface area contributed by atoms with Crippen LogP contribution in [-0.2, 0) is 14.3 Å². The average molecular weight is 372 g/mol. The molecule has 124 valence electrons. The van der Waals surface area contributed by atoms with Gasteiger partial charge in [0.05, 0.1) is 7.11 Å². The van der Waals surface area contributed by atoms with E-state index in [9.17, 15) is 9.59 Å². The molecule has 4 atom stereocenters. The number of hydrogen-bond acceptors (Lipinski definition) is 3. The summed E-state index contributed by atoms with van der Waals surface area (Å²) in [6.45, 7) is 6.20. The fourth-order valence-corrected chi connectivity index (χ4v) is 4.65. The number of carbonyl (C=O) groups is 2. The van der Waals surface area contributed by atoms with E-state index in [-0.39, 0.29) is 11.9 Å². The van der Waals surface area contributed by atoms with Gasteiger partial charge >= 0.3 is 5.97 Å². The number of ether oxygens (including phenoxy) is 1. The van der Waals surface area contributed by atoms with Crippen LogP contribution in [0.2, 0.25) is 0 Å². The van der Waals surface area contributed by atoms with Crippen molar-refractivity contribution < 1.29 is 14.3 Å². The van der Waals surface area contributed by atoms with Crippen LogP contribution in [0.1, 0.15) is 40.0 Å². The normalized spacial score (nSPS) is 29.2. The van der Waals surface area contributed by atoms with Crippen molar-refractivity contribution in [3.05, 3.63) is 12.2 Å². The molecule has 0 aromatic rings. The SMILES string of the molecule is COC(=O)C(C)(Br)CC(C)(C)C(=O)NCC1CC2C=CC1C2. The zero-order chi connectivity index (χ0) is 16.5. The molecule has 1 saturated carbocycles. The lowest BCUT2D eigenvalue weighted by Gasteiger charge is -2.31. The molecule has 5 heteroatoms. The standard InChI is InChI=1S/C17H26BrNO3/c1-16(2,10-17(3,18)15(21)22-4)14(20)19-9-13-8-11-5-6-12(13)7-11/h5-6,11-13H,7-10H2,1-4H3,(H,19,20). The van der Waals surface area contributed by atoms with Gasteiger partial charge in [0.25, 0.3) is 0 Å². The van der Waals surface area contributed by atoms with Crippen molar-refractivity contribution in [1.82, 2.24) is 5.32 Å². The first kappa shape index (κ1) is 17.5. The lowest BCUT2D eigenvalue weighted by atomic mass is 9.82. The highest BCUT2D eigenvalue weighted by atomic mass is 79.9. The van der Waals surface area contributed by atoms with Crippen molar-refractivity contribution in [3.8, 4) is 0 Å². The monoisotopic (exact) mass is 371 g/mol. The fourth-order valence-electron chi connectivity index (χ4n) is 3.79. The summed E-state index contributed by atoms with van der Waals surface area (Å²) in [6.07, 6.45) is 7.41. The Balaban J connectivity index is 1.87. The number of fused-ring (bicyclic) bond motifs is 2. The van der Waals surface area contributed by atoms with Crippen LogP contribution in [0.5, 0.6) is 0 Å². The summed E-state index contributed by atoms with van der Waals surface area (Å²) in [5.74, 6) is 1.54. The van der Waals surface area contributed by atoms with Gasteiger partial charge in [-0.05, 0) is 43.9 Å². The highest BCUT2D eigenvalue weighted by Crippen LogP contribution is 2.43. The van der Waals surface area contributed by atoms with Gasteiger partial charge in [-0.15, -0.1) is 0 Å². The Morgan fingerprint density at radius 2 is 1.95 bits per heavy atom. The lowest BCUT2D eigenvalue weighted by Crippen LogP contribution is -2.45. The van der Waals surface area contributed by atoms with Crippen molar-refractivity contribution in [2.45, 2.75) is 44.4 Å². The van der Waals surface area contributed by atoms with Gasteiger partial charge in [0, 0.05) is 12.0 Å². The lowest BCUT2D eigenvalue weighted by molar-refractivity contribution is -0.144. The molecule has 0 radical (unpaired) electrons. The number of esters is 1. The molecule has 4 unspecified atom stereocenters. The van der Waals surface area contributed by atoms with Crippen molar-refractivity contribution in [1.29, 1.82) is 0 Å². The fraction of sp³-hybridized carbons (Fsp3) is 0.765. The number of halogens is 1. The summed E-state index contributed by atoms with van der Waals surface area (Å²) in [7, 11) is 1.36. The first-order valence-corrected chi connectivity index (χ1v) is 8.69. The minimum Gasteiger partial charge on any atom is -0.468 e. The van der Waals surface area contributed by atoms with E-state index in [1.54, 1.807) is 6.92 Å². The maximum absolute atomic E-state index is 12.5. The molecule has 0 heterocycles. The Morgan fingerprint density at radius 1 is 1.27 bits per heavy atom. The topological polar surface area (TPSA) is 55.4 Å². The second-order valence-corrected chi connectivity index (χ2v) is 9.25. The molecule has 0 saturated heterocycles. The Labute approximate surface area is 141 Å². The number of hydrogen-bond donors (Lipinski definition) is 1. The average Bonchev–Trinajstić information content (AvgIpc) is 3.04. The predicted octanol–water partition coefficient (Wildman–Crippen LogP) is 3.06. The minimum absolute atomic E-state index is 0.00571. The second-order valence-electron chi connectivity index (χ2n) is 7.50. The minimum atomic E-state index is -0.849. The van der Waals surface area contributed by atoms with Gasteiger partial charge in [-0.25, -0.2) is 0 Å². The van der Waals surface area contributed by atoms with Crippen molar-refractivity contribution in [2.24, 2.45) is 23.2 Å². The molecule has 1 fully saturated rings. The van der Waals surface area contributed by atoms with E-state index in [1.807, 2.05) is 13.8 Å². The van der Waals surface area contributed by atoms with Crippen LogP contribution >= 0.6 is 15.9 Å². The molecule has 2 rings (SSSR count).